The predicted molar refractivity (Wildman–Crippen MR) is 206 cm³/mol. The first-order chi connectivity index (χ1) is 23.6. The Labute approximate surface area is 302 Å². The van der Waals surface area contributed by atoms with Gasteiger partial charge in [0.05, 0.1) is 24.8 Å². The van der Waals surface area contributed by atoms with E-state index >= 15 is 0 Å². The second kappa shape index (κ2) is 15.2. The maximum atomic E-state index is 14.2. The van der Waals surface area contributed by atoms with Crippen LogP contribution in [-0.2, 0) is 22.3 Å². The predicted octanol–water partition coefficient (Wildman–Crippen LogP) is 6.65. The average Bonchev–Trinajstić information content (AvgIpc) is 3.43. The normalized spacial score (nSPS) is 15.8. The molecular formula is C41H49N3O4SSi. The summed E-state index contributed by atoms with van der Waals surface area (Å²) in [6.07, 6.45) is 0.544. The summed E-state index contributed by atoms with van der Waals surface area (Å²) < 4.78 is 23.0. The van der Waals surface area contributed by atoms with E-state index in [1.54, 1.807) is 6.07 Å². The maximum Gasteiger partial charge on any atom is 0.354 e. The number of benzene rings is 3. The van der Waals surface area contributed by atoms with Crippen molar-refractivity contribution in [2.24, 2.45) is 0 Å². The molecule has 9 heteroatoms. The number of carboxylic acid groups (broad SMARTS) is 1. The minimum atomic E-state index is -2.83. The van der Waals surface area contributed by atoms with Gasteiger partial charge < -0.3 is 14.1 Å². The monoisotopic (exact) mass is 707 g/mol. The largest absolute Gasteiger partial charge is 0.597 e. The van der Waals surface area contributed by atoms with Gasteiger partial charge in [-0.2, -0.15) is 0 Å². The Morgan fingerprint density at radius 3 is 2.14 bits per heavy atom. The zero-order chi connectivity index (χ0) is 36.3. The van der Waals surface area contributed by atoms with Crippen LogP contribution in [0.3, 0.4) is 0 Å². The highest BCUT2D eigenvalue weighted by atomic mass is 32.2. The number of aromatic carboxylic acids is 1. The molecule has 0 saturated heterocycles. The van der Waals surface area contributed by atoms with Crippen LogP contribution in [0.1, 0.15) is 81.2 Å². The fourth-order valence-corrected chi connectivity index (χ4v) is 12.8. The van der Waals surface area contributed by atoms with Crippen molar-refractivity contribution in [3.05, 3.63) is 113 Å². The molecule has 0 bridgehead atoms. The van der Waals surface area contributed by atoms with E-state index in [1.807, 2.05) is 80.5 Å². The van der Waals surface area contributed by atoms with Gasteiger partial charge in [-0.25, -0.2) is 9.78 Å². The third kappa shape index (κ3) is 7.92. The summed E-state index contributed by atoms with van der Waals surface area (Å²) in [5.41, 5.74) is 3.87. The summed E-state index contributed by atoms with van der Waals surface area (Å²) in [5.74, 6) is 5.33. The fourth-order valence-electron chi connectivity index (χ4n) is 6.81. The van der Waals surface area contributed by atoms with Gasteiger partial charge in [0.1, 0.15) is 10.4 Å². The van der Waals surface area contributed by atoms with Gasteiger partial charge in [0.25, 0.3) is 8.32 Å². The number of carbonyl (C=O) groups is 1. The SMILES string of the molecule is CN(C)CC#Cc1cccc(-c2nc(C(=O)O)cc3c2[C@@H](CCO[Si](c2ccccc2)(c2ccccc2)C(C)(C)C)N([S@+]([O-])C(C)(C)C)C3)c1. The lowest BCUT2D eigenvalue weighted by atomic mass is 9.95. The first kappa shape index (κ1) is 37.5. The Morgan fingerprint density at radius 2 is 1.60 bits per heavy atom. The maximum absolute atomic E-state index is 14.2. The number of fused-ring (bicyclic) bond motifs is 1. The molecule has 0 unspecified atom stereocenters. The van der Waals surface area contributed by atoms with E-state index in [-0.39, 0.29) is 16.8 Å². The molecule has 2 heterocycles. The van der Waals surface area contributed by atoms with Crippen molar-refractivity contribution in [3.8, 4) is 23.1 Å². The van der Waals surface area contributed by atoms with E-state index in [1.165, 1.54) is 10.4 Å². The molecule has 4 aromatic rings. The van der Waals surface area contributed by atoms with Gasteiger partial charge in [-0.05, 0) is 80.5 Å². The molecule has 3 aromatic carbocycles. The van der Waals surface area contributed by atoms with Gasteiger partial charge >= 0.3 is 5.97 Å². The number of carboxylic acids is 1. The van der Waals surface area contributed by atoms with E-state index in [2.05, 4.69) is 81.1 Å². The lowest BCUT2D eigenvalue weighted by Crippen LogP contribution is -2.66. The van der Waals surface area contributed by atoms with Gasteiger partial charge in [0.15, 0.2) is 0 Å². The molecule has 0 radical (unpaired) electrons. The smallest absolute Gasteiger partial charge is 0.354 e. The highest BCUT2D eigenvalue weighted by molar-refractivity contribution is 7.90. The summed E-state index contributed by atoms with van der Waals surface area (Å²) in [7, 11) is 1.11. The molecule has 1 aliphatic heterocycles. The number of pyridine rings is 1. The van der Waals surface area contributed by atoms with Crippen LogP contribution in [0.2, 0.25) is 5.04 Å². The zero-order valence-corrected chi connectivity index (χ0v) is 32.3. The fraction of sp³-hybridized carbons (Fsp3) is 0.366. The molecule has 1 aliphatic rings. The third-order valence-corrected chi connectivity index (χ3v) is 15.9. The van der Waals surface area contributed by atoms with Gasteiger partial charge in [-0.1, -0.05) is 105 Å². The number of rotatable bonds is 10. The molecule has 0 amide bonds. The number of aromatic nitrogens is 1. The quantitative estimate of drug-likeness (QED) is 0.112. The molecule has 5 rings (SSSR count). The van der Waals surface area contributed by atoms with Crippen molar-refractivity contribution in [3.63, 3.8) is 0 Å². The minimum absolute atomic E-state index is 0.0338. The van der Waals surface area contributed by atoms with Crippen molar-refractivity contribution in [2.75, 3.05) is 27.2 Å². The Morgan fingerprint density at radius 1 is 0.980 bits per heavy atom. The van der Waals surface area contributed by atoms with Gasteiger partial charge in [-0.3, -0.25) is 4.90 Å². The van der Waals surface area contributed by atoms with Crippen LogP contribution in [0.5, 0.6) is 0 Å². The van der Waals surface area contributed by atoms with Crippen LogP contribution in [-0.4, -0.2) is 70.1 Å². The van der Waals surface area contributed by atoms with E-state index < -0.39 is 30.4 Å². The molecule has 1 N–H and O–H groups in total. The molecule has 0 fully saturated rings. The van der Waals surface area contributed by atoms with E-state index in [0.717, 1.165) is 22.3 Å². The van der Waals surface area contributed by atoms with Crippen molar-refractivity contribution in [1.29, 1.82) is 0 Å². The van der Waals surface area contributed by atoms with Crippen LogP contribution in [0.15, 0.2) is 91.0 Å². The van der Waals surface area contributed by atoms with Crippen LogP contribution in [0.25, 0.3) is 11.3 Å². The molecule has 0 saturated carbocycles. The second-order valence-corrected chi connectivity index (χ2v) is 21.6. The summed E-state index contributed by atoms with van der Waals surface area (Å²) in [6, 6.07) is 30.2. The summed E-state index contributed by atoms with van der Waals surface area (Å²) in [6.45, 7) is 14.1. The zero-order valence-electron chi connectivity index (χ0n) is 30.5. The Balaban J connectivity index is 1.62. The standard InChI is InChI=1S/C41H49N3O4SSi/c1-40(2,3)49(47)44-29-32-28-35(39(45)46)42-38(31-19-15-17-30(27-31)18-16-25-43(7)8)37(32)36(44)24-26-48-50(41(4,5)6,33-20-11-9-12-21-33)34-22-13-10-14-23-34/h9-15,17,19-23,27-28,36H,24-26,29H2,1-8H3,(H,45,46)/t36-,49-/m1/s1. The van der Waals surface area contributed by atoms with Gasteiger partial charge in [0.2, 0.25) is 0 Å². The molecule has 1 aromatic heterocycles. The Kier molecular flexibility index (Phi) is 11.4. The van der Waals surface area contributed by atoms with E-state index in [9.17, 15) is 14.5 Å². The van der Waals surface area contributed by atoms with Crippen LogP contribution < -0.4 is 10.4 Å². The first-order valence-electron chi connectivity index (χ1n) is 17.1. The summed E-state index contributed by atoms with van der Waals surface area (Å²) in [5, 5.41) is 12.3. The highest BCUT2D eigenvalue weighted by Crippen LogP contribution is 2.46. The van der Waals surface area contributed by atoms with Crippen LogP contribution in [0.4, 0.5) is 0 Å². The van der Waals surface area contributed by atoms with Crippen molar-refractivity contribution < 1.29 is 18.9 Å². The van der Waals surface area contributed by atoms with Crippen LogP contribution in [0, 0.1) is 11.8 Å². The number of hydrogen-bond acceptors (Lipinski definition) is 6. The average molecular weight is 708 g/mol. The number of nitrogens with zero attached hydrogens (tertiary/aromatic N) is 3. The van der Waals surface area contributed by atoms with E-state index in [0.29, 0.717) is 31.8 Å². The van der Waals surface area contributed by atoms with Crippen LogP contribution >= 0.6 is 0 Å². The summed E-state index contributed by atoms with van der Waals surface area (Å²) in [4.78, 5) is 19.1. The lowest BCUT2D eigenvalue weighted by Gasteiger charge is -2.43. The summed E-state index contributed by atoms with van der Waals surface area (Å²) >= 11 is -1.39. The Hall–Kier alpha value is -3.75. The lowest BCUT2D eigenvalue weighted by molar-refractivity contribution is 0.0690. The molecule has 262 valence electrons. The van der Waals surface area contributed by atoms with Gasteiger partial charge in [-0.15, -0.1) is 4.31 Å². The second-order valence-electron chi connectivity index (χ2n) is 15.1. The molecular weight excluding hydrogens is 659 g/mol. The molecule has 2 atom stereocenters. The van der Waals surface area contributed by atoms with Crippen molar-refractivity contribution in [2.45, 2.75) is 70.3 Å². The number of hydrogen-bond donors (Lipinski definition) is 1. The minimum Gasteiger partial charge on any atom is -0.597 e. The van der Waals surface area contributed by atoms with Crippen molar-refractivity contribution in [1.82, 2.24) is 14.2 Å². The van der Waals surface area contributed by atoms with E-state index in [4.69, 9.17) is 9.41 Å². The third-order valence-electron chi connectivity index (χ3n) is 9.00. The molecule has 7 nitrogen and oxygen atoms in total. The van der Waals surface area contributed by atoms with Gasteiger partial charge in [0, 0.05) is 34.7 Å². The highest BCUT2D eigenvalue weighted by Gasteiger charge is 2.51. The molecule has 0 aliphatic carbocycles. The molecule has 0 spiro atoms. The first-order valence-corrected chi connectivity index (χ1v) is 20.1. The molecule has 50 heavy (non-hydrogen) atoms. The topological polar surface area (TPSA) is 89.0 Å². The van der Waals surface area contributed by atoms with Crippen molar-refractivity contribution >= 4 is 36.0 Å². The Bertz CT molecular complexity index is 1820.